The highest BCUT2D eigenvalue weighted by atomic mass is 19.4. The third-order valence-corrected chi connectivity index (χ3v) is 4.79. The van der Waals surface area contributed by atoms with Crippen molar-refractivity contribution in [3.05, 3.63) is 70.1 Å². The lowest BCUT2D eigenvalue weighted by Crippen LogP contribution is -2.35. The molecule has 0 fully saturated rings. The Morgan fingerprint density at radius 1 is 1.08 bits per heavy atom. The minimum absolute atomic E-state index is 0.534. The molecule has 1 atom stereocenters. The Balaban J connectivity index is 1.53. The number of aryl methyl sites for hydroxylation is 1. The first-order valence-corrected chi connectivity index (χ1v) is 9.09. The Hall–Kier alpha value is -2.07. The van der Waals surface area contributed by atoms with Crippen molar-refractivity contribution in [2.75, 3.05) is 13.1 Å². The van der Waals surface area contributed by atoms with E-state index in [-0.39, 0.29) is 0 Å². The molecule has 0 saturated heterocycles. The minimum Gasteiger partial charge on any atom is -0.313 e. The predicted octanol–water partition coefficient (Wildman–Crippen LogP) is 3.90. The molecule has 1 aliphatic carbocycles. The summed E-state index contributed by atoms with van der Waals surface area (Å²) in [5, 5.41) is 6.07. The first-order valence-electron chi connectivity index (χ1n) is 9.09. The summed E-state index contributed by atoms with van der Waals surface area (Å²) in [4.78, 5) is 0. The monoisotopic (exact) mass is 359 g/mol. The van der Waals surface area contributed by atoms with Crippen LogP contribution in [-0.4, -0.2) is 13.1 Å². The molecule has 26 heavy (non-hydrogen) atoms. The van der Waals surface area contributed by atoms with Gasteiger partial charge in [-0.3, -0.25) is 0 Å². The normalized spacial score (nSPS) is 16.9. The highest BCUT2D eigenvalue weighted by molar-refractivity contribution is 5.53. The van der Waals surface area contributed by atoms with Gasteiger partial charge < -0.3 is 5.32 Å². The Kier molecular flexibility index (Phi) is 5.82. The number of hydrogen-bond donors (Lipinski definition) is 1. The molecule has 1 aliphatic rings. The second-order valence-electron chi connectivity index (χ2n) is 7.02. The van der Waals surface area contributed by atoms with Gasteiger partial charge in [-0.1, -0.05) is 55.5 Å². The van der Waals surface area contributed by atoms with Gasteiger partial charge in [0.2, 0.25) is 0 Å². The lowest BCUT2D eigenvalue weighted by atomic mass is 9.92. The zero-order valence-corrected chi connectivity index (χ0v) is 14.9. The molecule has 2 aromatic carbocycles. The fraction of sp³-hybridized carbons (Fsp3) is 0.364. The Morgan fingerprint density at radius 3 is 2.69 bits per heavy atom. The smallest absolute Gasteiger partial charge is 0.313 e. The Bertz CT molecular complexity index is 867. The number of benzene rings is 2. The largest absolute Gasteiger partial charge is 0.416 e. The van der Waals surface area contributed by atoms with Crippen molar-refractivity contribution >= 4 is 11.6 Å². The van der Waals surface area contributed by atoms with E-state index >= 15 is 0 Å². The van der Waals surface area contributed by atoms with E-state index in [1.54, 1.807) is 6.07 Å². The van der Waals surface area contributed by atoms with Gasteiger partial charge in [0.05, 0.1) is 5.56 Å². The van der Waals surface area contributed by atoms with Crippen molar-refractivity contribution in [1.82, 2.24) is 5.32 Å². The van der Waals surface area contributed by atoms with E-state index in [4.69, 9.17) is 0 Å². The average molecular weight is 359 g/mol. The zero-order valence-electron chi connectivity index (χ0n) is 14.9. The first kappa shape index (κ1) is 18.7. The molecule has 1 nitrogen and oxygen atoms in total. The summed E-state index contributed by atoms with van der Waals surface area (Å²) in [7, 11) is 0. The van der Waals surface area contributed by atoms with E-state index < -0.39 is 11.7 Å². The number of hydrogen-bond acceptors (Lipinski definition) is 1. The number of nitrogens with one attached hydrogen (secondary N) is 1. The van der Waals surface area contributed by atoms with Crippen molar-refractivity contribution in [2.45, 2.75) is 32.4 Å². The van der Waals surface area contributed by atoms with Crippen molar-refractivity contribution in [3.63, 3.8) is 0 Å². The van der Waals surface area contributed by atoms with Crippen LogP contribution in [-0.2, 0) is 12.6 Å². The van der Waals surface area contributed by atoms with Crippen molar-refractivity contribution < 1.29 is 13.2 Å². The van der Waals surface area contributed by atoms with Crippen LogP contribution in [0.1, 0.15) is 30.9 Å². The van der Waals surface area contributed by atoms with Crippen LogP contribution < -0.4 is 15.8 Å². The average Bonchev–Trinajstić information content (AvgIpc) is 2.60. The number of rotatable bonds is 6. The maximum atomic E-state index is 12.8. The quantitative estimate of drug-likeness (QED) is 0.772. The van der Waals surface area contributed by atoms with Crippen molar-refractivity contribution in [3.8, 4) is 0 Å². The van der Waals surface area contributed by atoms with Gasteiger partial charge >= 0.3 is 6.18 Å². The van der Waals surface area contributed by atoms with Gasteiger partial charge in [0.15, 0.2) is 0 Å². The van der Waals surface area contributed by atoms with Crippen molar-refractivity contribution in [1.29, 1.82) is 0 Å². The summed E-state index contributed by atoms with van der Waals surface area (Å²) >= 11 is 0. The molecular formula is C22H24F3N. The SMILES string of the molecule is CC1C=c2ccccc2=C(CNCCCc2cccc(C(F)(F)F)c2)C1. The molecule has 1 N–H and O–H groups in total. The van der Waals surface area contributed by atoms with Crippen LogP contribution >= 0.6 is 0 Å². The van der Waals surface area contributed by atoms with Crippen LogP contribution in [0.2, 0.25) is 0 Å². The number of halogens is 3. The van der Waals surface area contributed by atoms with Crippen LogP contribution in [0.4, 0.5) is 13.2 Å². The van der Waals surface area contributed by atoms with Crippen molar-refractivity contribution in [2.24, 2.45) is 5.92 Å². The third kappa shape index (κ3) is 4.76. The molecule has 0 spiro atoms. The molecule has 0 saturated carbocycles. The van der Waals surface area contributed by atoms with E-state index in [0.717, 1.165) is 37.6 Å². The summed E-state index contributed by atoms with van der Waals surface area (Å²) in [5.74, 6) is 0.534. The second kappa shape index (κ2) is 8.09. The maximum absolute atomic E-state index is 12.8. The minimum atomic E-state index is -4.27. The van der Waals surface area contributed by atoms with E-state index in [0.29, 0.717) is 12.3 Å². The van der Waals surface area contributed by atoms with Crippen LogP contribution in [0.15, 0.2) is 48.5 Å². The van der Waals surface area contributed by atoms with Gasteiger partial charge in [0.1, 0.15) is 0 Å². The molecule has 1 unspecified atom stereocenters. The number of alkyl halides is 3. The van der Waals surface area contributed by atoms with Crippen LogP contribution in [0, 0.1) is 5.92 Å². The summed E-state index contributed by atoms with van der Waals surface area (Å²) in [6.45, 7) is 3.85. The summed E-state index contributed by atoms with van der Waals surface area (Å²) in [6, 6.07) is 14.1. The summed E-state index contributed by atoms with van der Waals surface area (Å²) < 4.78 is 38.3. The second-order valence-corrected chi connectivity index (χ2v) is 7.02. The van der Waals surface area contributed by atoms with Gasteiger partial charge in [-0.25, -0.2) is 0 Å². The van der Waals surface area contributed by atoms with Crippen LogP contribution in [0.5, 0.6) is 0 Å². The van der Waals surface area contributed by atoms with Gasteiger partial charge in [-0.15, -0.1) is 0 Å². The highest BCUT2D eigenvalue weighted by Gasteiger charge is 2.30. The highest BCUT2D eigenvalue weighted by Crippen LogP contribution is 2.29. The molecule has 0 radical (unpaired) electrons. The van der Waals surface area contributed by atoms with E-state index in [9.17, 15) is 13.2 Å². The molecule has 0 amide bonds. The van der Waals surface area contributed by atoms with E-state index in [1.807, 2.05) is 0 Å². The molecule has 0 aliphatic heterocycles. The summed E-state index contributed by atoms with van der Waals surface area (Å²) in [6.07, 6.45) is 0.558. The Morgan fingerprint density at radius 2 is 1.88 bits per heavy atom. The topological polar surface area (TPSA) is 12.0 Å². The standard InChI is InChI=1S/C22H24F3N/c1-16-12-18-8-2-3-10-21(18)19(13-16)15-26-11-5-7-17-6-4-9-20(14-17)22(23,24)25/h2-4,6,8-10,12,14,16,26H,5,7,11,13,15H2,1H3. The molecule has 0 bridgehead atoms. The first-order chi connectivity index (χ1) is 12.4. The Labute approximate surface area is 152 Å². The zero-order chi connectivity index (χ0) is 18.6. The lowest BCUT2D eigenvalue weighted by molar-refractivity contribution is -0.137. The fourth-order valence-corrected chi connectivity index (χ4v) is 3.56. The van der Waals surface area contributed by atoms with Crippen LogP contribution in [0.3, 0.4) is 0 Å². The lowest BCUT2D eigenvalue weighted by Gasteiger charge is -2.17. The van der Waals surface area contributed by atoms with Gasteiger partial charge in [-0.05, 0) is 59.4 Å². The maximum Gasteiger partial charge on any atom is 0.416 e. The molecule has 0 aromatic heterocycles. The number of fused-ring (bicyclic) bond motifs is 1. The van der Waals surface area contributed by atoms with Gasteiger partial charge in [-0.2, -0.15) is 13.2 Å². The third-order valence-electron chi connectivity index (χ3n) is 4.79. The fourth-order valence-electron chi connectivity index (χ4n) is 3.56. The summed E-state index contributed by atoms with van der Waals surface area (Å²) in [5.41, 5.74) is 1.58. The van der Waals surface area contributed by atoms with E-state index in [1.165, 1.54) is 28.1 Å². The molecule has 138 valence electrons. The molecule has 4 heteroatoms. The van der Waals surface area contributed by atoms with E-state index in [2.05, 4.69) is 42.6 Å². The molecular weight excluding hydrogens is 335 g/mol. The predicted molar refractivity (Wildman–Crippen MR) is 100.0 cm³/mol. The van der Waals surface area contributed by atoms with Gasteiger partial charge in [0, 0.05) is 6.54 Å². The van der Waals surface area contributed by atoms with Gasteiger partial charge in [0.25, 0.3) is 0 Å². The molecule has 0 heterocycles. The molecule has 3 rings (SSSR count). The molecule has 2 aromatic rings. The van der Waals surface area contributed by atoms with Crippen LogP contribution in [0.25, 0.3) is 11.6 Å².